The summed E-state index contributed by atoms with van der Waals surface area (Å²) in [6, 6.07) is 16.1. The van der Waals surface area contributed by atoms with Crippen molar-refractivity contribution >= 4 is 33.0 Å². The summed E-state index contributed by atoms with van der Waals surface area (Å²) in [5.74, 6) is -0.314. The van der Waals surface area contributed by atoms with Crippen molar-refractivity contribution in [2.75, 3.05) is 18.4 Å². The fourth-order valence-corrected chi connectivity index (χ4v) is 6.14. The zero-order valence-electron chi connectivity index (χ0n) is 17.4. The van der Waals surface area contributed by atoms with E-state index in [0.29, 0.717) is 24.5 Å². The van der Waals surface area contributed by atoms with Gasteiger partial charge in [0.15, 0.2) is 0 Å². The van der Waals surface area contributed by atoms with Gasteiger partial charge in [-0.05, 0) is 49.6 Å². The first-order valence-corrected chi connectivity index (χ1v) is 12.7. The molecule has 1 N–H and O–H groups in total. The number of nitrogens with zero attached hydrogens (tertiary/aromatic N) is 2. The van der Waals surface area contributed by atoms with Crippen LogP contribution < -0.4 is 5.32 Å². The normalized spacial score (nSPS) is 15.4. The average molecular weight is 456 g/mol. The Morgan fingerprint density at radius 3 is 2.26 bits per heavy atom. The zero-order valence-corrected chi connectivity index (χ0v) is 19.0. The number of hydrogen-bond acceptors (Lipinski definition) is 5. The summed E-state index contributed by atoms with van der Waals surface area (Å²) < 4.78 is 27.4. The van der Waals surface area contributed by atoms with Gasteiger partial charge in [-0.1, -0.05) is 43.2 Å². The van der Waals surface area contributed by atoms with E-state index in [0.717, 1.165) is 41.1 Å². The molecule has 0 bridgehead atoms. The lowest BCUT2D eigenvalue weighted by atomic mass is 10.1. The molecule has 3 aromatic rings. The van der Waals surface area contributed by atoms with Crippen LogP contribution >= 0.6 is 11.3 Å². The molecular weight excluding hydrogens is 430 g/mol. The molecule has 162 valence electrons. The van der Waals surface area contributed by atoms with E-state index in [2.05, 4.69) is 10.3 Å². The van der Waals surface area contributed by atoms with Gasteiger partial charge < -0.3 is 5.32 Å². The van der Waals surface area contributed by atoms with Crippen LogP contribution in [0.25, 0.3) is 10.4 Å². The lowest BCUT2D eigenvalue weighted by Crippen LogP contribution is -2.31. The summed E-state index contributed by atoms with van der Waals surface area (Å²) in [6.45, 7) is 2.99. The highest BCUT2D eigenvalue weighted by Gasteiger charge is 2.25. The first kappa shape index (κ1) is 21.7. The molecule has 1 amide bonds. The first-order chi connectivity index (χ1) is 14.9. The van der Waals surface area contributed by atoms with Crippen molar-refractivity contribution in [3.8, 4) is 10.4 Å². The topological polar surface area (TPSA) is 79.4 Å². The molecule has 0 unspecified atom stereocenters. The molecule has 1 aliphatic heterocycles. The highest BCUT2D eigenvalue weighted by molar-refractivity contribution is 7.89. The Labute approximate surface area is 187 Å². The van der Waals surface area contributed by atoms with Gasteiger partial charge in [0.2, 0.25) is 10.0 Å². The second-order valence-electron chi connectivity index (χ2n) is 7.57. The maximum absolute atomic E-state index is 12.9. The van der Waals surface area contributed by atoms with Crippen molar-refractivity contribution in [3.63, 3.8) is 0 Å². The molecule has 2 aromatic carbocycles. The number of carbonyl (C=O) groups excluding carboxylic acids is 1. The molecule has 0 saturated carbocycles. The Morgan fingerprint density at radius 1 is 0.968 bits per heavy atom. The molecule has 0 radical (unpaired) electrons. The molecule has 1 aromatic heterocycles. The molecule has 0 atom stereocenters. The van der Waals surface area contributed by atoms with Gasteiger partial charge in [-0.25, -0.2) is 13.4 Å². The van der Waals surface area contributed by atoms with E-state index in [1.807, 2.05) is 37.3 Å². The molecule has 31 heavy (non-hydrogen) atoms. The van der Waals surface area contributed by atoms with Crippen LogP contribution in [-0.4, -0.2) is 36.7 Å². The minimum atomic E-state index is -3.51. The second kappa shape index (κ2) is 9.30. The molecule has 8 heteroatoms. The number of sulfonamides is 1. The number of benzene rings is 2. The predicted octanol–water partition coefficient (Wildman–Crippen LogP) is 4.94. The van der Waals surface area contributed by atoms with Crippen LogP contribution in [0.1, 0.15) is 41.2 Å². The third-order valence-corrected chi connectivity index (χ3v) is 8.23. The number of hydrogen-bond donors (Lipinski definition) is 1. The Bertz CT molecular complexity index is 1150. The molecule has 1 aliphatic rings. The van der Waals surface area contributed by atoms with Gasteiger partial charge in [0.05, 0.1) is 14.8 Å². The van der Waals surface area contributed by atoms with E-state index < -0.39 is 10.0 Å². The summed E-state index contributed by atoms with van der Waals surface area (Å²) >= 11 is 1.47. The zero-order chi connectivity index (χ0) is 21.8. The Kier molecular flexibility index (Phi) is 6.50. The van der Waals surface area contributed by atoms with Crippen LogP contribution in [0.5, 0.6) is 0 Å². The number of anilines is 1. The quantitative estimate of drug-likeness (QED) is 0.591. The predicted molar refractivity (Wildman–Crippen MR) is 124 cm³/mol. The van der Waals surface area contributed by atoms with E-state index in [1.54, 1.807) is 28.6 Å². The fourth-order valence-electron chi connectivity index (χ4n) is 3.70. The van der Waals surface area contributed by atoms with E-state index >= 15 is 0 Å². The standard InChI is InChI=1S/C23H25N3O3S2/c1-17-24-21(22(30-17)18-9-5-4-6-10-18)23(27)25-19-11-13-20(14-12-19)31(28,29)26-15-7-2-3-8-16-26/h4-6,9-14H,2-3,7-8,15-16H2,1H3,(H,25,27). The third kappa shape index (κ3) is 4.87. The summed E-state index contributed by atoms with van der Waals surface area (Å²) in [6.07, 6.45) is 3.92. The maximum atomic E-state index is 12.9. The van der Waals surface area contributed by atoms with Crippen LogP contribution in [0.15, 0.2) is 59.5 Å². The number of carbonyl (C=O) groups is 1. The lowest BCUT2D eigenvalue weighted by Gasteiger charge is -2.20. The van der Waals surface area contributed by atoms with Crippen molar-refractivity contribution < 1.29 is 13.2 Å². The van der Waals surface area contributed by atoms with Gasteiger partial charge in [-0.2, -0.15) is 4.31 Å². The molecule has 2 heterocycles. The fraction of sp³-hybridized carbons (Fsp3) is 0.304. The maximum Gasteiger partial charge on any atom is 0.275 e. The van der Waals surface area contributed by atoms with Gasteiger partial charge in [0.25, 0.3) is 5.91 Å². The van der Waals surface area contributed by atoms with Crippen molar-refractivity contribution in [2.45, 2.75) is 37.5 Å². The number of amides is 1. The SMILES string of the molecule is Cc1nc(C(=O)Nc2ccc(S(=O)(=O)N3CCCCCC3)cc2)c(-c2ccccc2)s1. The monoisotopic (exact) mass is 455 g/mol. The number of nitrogens with one attached hydrogen (secondary N) is 1. The minimum absolute atomic E-state index is 0.252. The summed E-state index contributed by atoms with van der Waals surface area (Å²) in [4.78, 5) is 18.4. The minimum Gasteiger partial charge on any atom is -0.321 e. The van der Waals surface area contributed by atoms with Crippen LogP contribution in [0.4, 0.5) is 5.69 Å². The lowest BCUT2D eigenvalue weighted by molar-refractivity contribution is 0.102. The Morgan fingerprint density at radius 2 is 1.61 bits per heavy atom. The van der Waals surface area contributed by atoms with Crippen LogP contribution in [0, 0.1) is 6.92 Å². The first-order valence-electron chi connectivity index (χ1n) is 10.4. The molecule has 4 rings (SSSR count). The van der Waals surface area contributed by atoms with Gasteiger partial charge >= 0.3 is 0 Å². The highest BCUT2D eigenvalue weighted by Crippen LogP contribution is 2.30. The second-order valence-corrected chi connectivity index (χ2v) is 10.7. The van der Waals surface area contributed by atoms with E-state index in [1.165, 1.54) is 11.3 Å². The smallest absolute Gasteiger partial charge is 0.275 e. The molecule has 0 spiro atoms. The summed E-state index contributed by atoms with van der Waals surface area (Å²) in [7, 11) is -3.51. The summed E-state index contributed by atoms with van der Waals surface area (Å²) in [5.41, 5.74) is 1.84. The van der Waals surface area contributed by atoms with Crippen LogP contribution in [0.3, 0.4) is 0 Å². The summed E-state index contributed by atoms with van der Waals surface area (Å²) in [5, 5.41) is 3.65. The number of rotatable bonds is 5. The van der Waals surface area contributed by atoms with Crippen molar-refractivity contribution in [1.29, 1.82) is 0 Å². The van der Waals surface area contributed by atoms with Gasteiger partial charge in [0.1, 0.15) is 5.69 Å². The Hall–Kier alpha value is -2.55. The van der Waals surface area contributed by atoms with Crippen molar-refractivity contribution in [3.05, 3.63) is 65.3 Å². The molecule has 6 nitrogen and oxygen atoms in total. The third-order valence-electron chi connectivity index (χ3n) is 5.30. The van der Waals surface area contributed by atoms with Crippen molar-refractivity contribution in [2.24, 2.45) is 0 Å². The molecule has 1 saturated heterocycles. The largest absolute Gasteiger partial charge is 0.321 e. The molecular formula is C23H25N3O3S2. The van der Waals surface area contributed by atoms with E-state index in [9.17, 15) is 13.2 Å². The Balaban J connectivity index is 1.52. The van der Waals surface area contributed by atoms with Crippen LogP contribution in [-0.2, 0) is 10.0 Å². The molecule has 1 fully saturated rings. The van der Waals surface area contributed by atoms with Crippen molar-refractivity contribution in [1.82, 2.24) is 9.29 Å². The van der Waals surface area contributed by atoms with Gasteiger partial charge in [0, 0.05) is 18.8 Å². The number of aryl methyl sites for hydroxylation is 1. The number of thiazole rings is 1. The number of aromatic nitrogens is 1. The van der Waals surface area contributed by atoms with Gasteiger partial charge in [-0.3, -0.25) is 4.79 Å². The van der Waals surface area contributed by atoms with E-state index in [-0.39, 0.29) is 10.8 Å². The highest BCUT2D eigenvalue weighted by atomic mass is 32.2. The van der Waals surface area contributed by atoms with E-state index in [4.69, 9.17) is 0 Å². The average Bonchev–Trinajstić information content (AvgIpc) is 2.98. The van der Waals surface area contributed by atoms with Gasteiger partial charge in [-0.15, -0.1) is 11.3 Å². The van der Waals surface area contributed by atoms with Crippen LogP contribution in [0.2, 0.25) is 0 Å². The molecule has 0 aliphatic carbocycles.